The van der Waals surface area contributed by atoms with Crippen molar-refractivity contribution in [3.8, 4) is 11.1 Å². The van der Waals surface area contributed by atoms with Gasteiger partial charge >= 0.3 is 0 Å². The number of carbonyl (C=O) groups excluding carboxylic acids is 1. The average Bonchev–Trinajstić information content (AvgIpc) is 2.66. The lowest BCUT2D eigenvalue weighted by molar-refractivity contribution is -0.117. The van der Waals surface area contributed by atoms with Crippen LogP contribution in [-0.4, -0.2) is 10.9 Å². The Balaban J connectivity index is 1.77. The molecule has 3 rings (SSSR count). The molecule has 3 nitrogen and oxygen atoms in total. The van der Waals surface area contributed by atoms with Crippen molar-refractivity contribution in [2.75, 3.05) is 5.32 Å². The molecule has 0 bridgehead atoms. The quantitative estimate of drug-likeness (QED) is 0.565. The van der Waals surface area contributed by atoms with Gasteiger partial charge in [0.25, 0.3) is 0 Å². The lowest BCUT2D eigenvalue weighted by Gasteiger charge is -2.20. The molecule has 144 valence electrons. The molecule has 1 N–H and O–H groups in total. The van der Waals surface area contributed by atoms with E-state index in [1.54, 1.807) is 0 Å². The fraction of sp³-hybridized carbons (Fsp3) is 0.280. The van der Waals surface area contributed by atoms with Crippen molar-refractivity contribution in [3.63, 3.8) is 0 Å². The van der Waals surface area contributed by atoms with Gasteiger partial charge in [0, 0.05) is 17.6 Å². The Morgan fingerprint density at radius 2 is 1.71 bits per heavy atom. The summed E-state index contributed by atoms with van der Waals surface area (Å²) in [5.41, 5.74) is 6.31. The topological polar surface area (TPSA) is 42.0 Å². The maximum atomic E-state index is 13.0. The van der Waals surface area contributed by atoms with Gasteiger partial charge in [0.15, 0.2) is 0 Å². The minimum Gasteiger partial charge on any atom is -0.326 e. The number of hydrogen-bond donors (Lipinski definition) is 1. The van der Waals surface area contributed by atoms with E-state index in [4.69, 9.17) is 0 Å². The molecule has 3 aromatic rings. The molecule has 0 aliphatic carbocycles. The normalized spacial score (nSPS) is 12.0. The fourth-order valence-electron chi connectivity index (χ4n) is 3.45. The van der Waals surface area contributed by atoms with Crippen LogP contribution in [0.4, 0.5) is 5.69 Å². The Hall–Kier alpha value is -2.94. The molecular weight excluding hydrogens is 344 g/mol. The minimum absolute atomic E-state index is 0.0480. The van der Waals surface area contributed by atoms with Gasteiger partial charge in [-0.25, -0.2) is 0 Å². The summed E-state index contributed by atoms with van der Waals surface area (Å²) in [5, 5.41) is 3.10. The molecule has 0 fully saturated rings. The number of benzene rings is 2. The van der Waals surface area contributed by atoms with E-state index in [1.165, 1.54) is 5.56 Å². The van der Waals surface area contributed by atoms with Crippen molar-refractivity contribution in [3.05, 3.63) is 83.7 Å². The van der Waals surface area contributed by atoms with Gasteiger partial charge in [-0.3, -0.25) is 9.78 Å². The third kappa shape index (κ3) is 5.07. The lowest BCUT2D eigenvalue weighted by atomic mass is 9.88. The highest BCUT2D eigenvalue weighted by Gasteiger charge is 2.22. The molecule has 28 heavy (non-hydrogen) atoms. The zero-order valence-electron chi connectivity index (χ0n) is 17.1. The monoisotopic (exact) mass is 372 g/mol. The van der Waals surface area contributed by atoms with Crippen LogP contribution in [0, 0.1) is 19.8 Å². The van der Waals surface area contributed by atoms with Crippen molar-refractivity contribution >= 4 is 11.6 Å². The Morgan fingerprint density at radius 3 is 2.36 bits per heavy atom. The summed E-state index contributed by atoms with van der Waals surface area (Å²) in [6.07, 6.45) is 2.64. The highest BCUT2D eigenvalue weighted by atomic mass is 16.1. The van der Waals surface area contributed by atoms with Gasteiger partial charge < -0.3 is 5.32 Å². The summed E-state index contributed by atoms with van der Waals surface area (Å²) >= 11 is 0. The van der Waals surface area contributed by atoms with E-state index in [0.29, 0.717) is 5.92 Å². The number of anilines is 1. The van der Waals surface area contributed by atoms with Crippen LogP contribution in [0.1, 0.15) is 43.0 Å². The summed E-state index contributed by atoms with van der Waals surface area (Å²) in [7, 11) is 0. The highest BCUT2D eigenvalue weighted by Crippen LogP contribution is 2.27. The van der Waals surface area contributed by atoms with Crippen LogP contribution in [0.5, 0.6) is 0 Å². The van der Waals surface area contributed by atoms with E-state index in [0.717, 1.165) is 34.5 Å². The SMILES string of the molecule is Cc1cccc([C@@H](CC(C)C)C(=O)Nc2ccc(-c3ccnc(C)c3)cc2)c1. The molecule has 0 unspecified atom stereocenters. The number of amides is 1. The summed E-state index contributed by atoms with van der Waals surface area (Å²) in [5.74, 6) is 0.336. The van der Waals surface area contributed by atoms with E-state index in [1.807, 2.05) is 49.5 Å². The number of carbonyl (C=O) groups is 1. The molecule has 1 atom stereocenters. The third-order valence-electron chi connectivity index (χ3n) is 4.85. The summed E-state index contributed by atoms with van der Waals surface area (Å²) in [6, 6.07) is 20.3. The number of pyridine rings is 1. The minimum atomic E-state index is -0.151. The number of aromatic nitrogens is 1. The van der Waals surface area contributed by atoms with Gasteiger partial charge in [-0.05, 0) is 67.1 Å². The first-order valence-corrected chi connectivity index (χ1v) is 9.83. The van der Waals surface area contributed by atoms with Gasteiger partial charge in [-0.2, -0.15) is 0 Å². The second-order valence-corrected chi connectivity index (χ2v) is 7.85. The predicted molar refractivity (Wildman–Crippen MR) is 116 cm³/mol. The van der Waals surface area contributed by atoms with E-state index >= 15 is 0 Å². The molecule has 0 spiro atoms. The zero-order valence-corrected chi connectivity index (χ0v) is 17.1. The number of rotatable bonds is 6. The maximum absolute atomic E-state index is 13.0. The van der Waals surface area contributed by atoms with Gasteiger partial charge in [-0.1, -0.05) is 55.8 Å². The standard InChI is InChI=1S/C25H28N2O/c1-17(2)14-24(22-7-5-6-18(3)15-22)25(28)27-23-10-8-20(9-11-23)21-12-13-26-19(4)16-21/h5-13,15-17,24H,14H2,1-4H3,(H,27,28)/t24-/m1/s1. The number of nitrogens with zero attached hydrogens (tertiary/aromatic N) is 1. The van der Waals surface area contributed by atoms with Crippen LogP contribution in [0.15, 0.2) is 66.9 Å². The van der Waals surface area contributed by atoms with Gasteiger partial charge in [-0.15, -0.1) is 0 Å². The van der Waals surface area contributed by atoms with Crippen molar-refractivity contribution in [2.45, 2.75) is 40.0 Å². The molecule has 0 aliphatic rings. The van der Waals surface area contributed by atoms with Gasteiger partial charge in [0.2, 0.25) is 5.91 Å². The molecule has 0 radical (unpaired) electrons. The van der Waals surface area contributed by atoms with E-state index in [-0.39, 0.29) is 11.8 Å². The van der Waals surface area contributed by atoms with Crippen LogP contribution >= 0.6 is 0 Å². The van der Waals surface area contributed by atoms with Crippen molar-refractivity contribution in [1.29, 1.82) is 0 Å². The fourth-order valence-corrected chi connectivity index (χ4v) is 3.45. The number of hydrogen-bond acceptors (Lipinski definition) is 2. The summed E-state index contributed by atoms with van der Waals surface area (Å²) in [4.78, 5) is 17.3. The highest BCUT2D eigenvalue weighted by molar-refractivity contribution is 5.96. The van der Waals surface area contributed by atoms with Gasteiger partial charge in [0.05, 0.1) is 5.92 Å². The first-order chi connectivity index (χ1) is 13.4. The van der Waals surface area contributed by atoms with E-state index < -0.39 is 0 Å². The predicted octanol–water partition coefficient (Wildman–Crippen LogP) is 6.13. The lowest BCUT2D eigenvalue weighted by Crippen LogP contribution is -2.22. The second-order valence-electron chi connectivity index (χ2n) is 7.85. The van der Waals surface area contributed by atoms with E-state index in [2.05, 4.69) is 55.3 Å². The molecule has 0 aliphatic heterocycles. The van der Waals surface area contributed by atoms with Crippen molar-refractivity contribution in [1.82, 2.24) is 4.98 Å². The Kier molecular flexibility index (Phi) is 6.25. The Morgan fingerprint density at radius 1 is 0.964 bits per heavy atom. The molecular formula is C25H28N2O. The molecule has 1 amide bonds. The van der Waals surface area contributed by atoms with E-state index in [9.17, 15) is 4.79 Å². The molecule has 0 saturated carbocycles. The zero-order chi connectivity index (χ0) is 20.1. The van der Waals surface area contributed by atoms with Crippen LogP contribution < -0.4 is 5.32 Å². The Bertz CT molecular complexity index is 945. The number of nitrogens with one attached hydrogen (secondary N) is 1. The van der Waals surface area contributed by atoms with Crippen LogP contribution in [0.3, 0.4) is 0 Å². The maximum Gasteiger partial charge on any atom is 0.231 e. The molecule has 1 heterocycles. The van der Waals surface area contributed by atoms with Crippen LogP contribution in [0.2, 0.25) is 0 Å². The average molecular weight is 373 g/mol. The Labute approximate surface area is 167 Å². The summed E-state index contributed by atoms with van der Waals surface area (Å²) in [6.45, 7) is 8.36. The molecule has 3 heteroatoms. The van der Waals surface area contributed by atoms with Crippen LogP contribution in [-0.2, 0) is 4.79 Å². The largest absolute Gasteiger partial charge is 0.326 e. The molecule has 2 aromatic carbocycles. The molecule has 0 saturated heterocycles. The third-order valence-corrected chi connectivity index (χ3v) is 4.85. The second kappa shape index (κ2) is 8.83. The van der Waals surface area contributed by atoms with Crippen molar-refractivity contribution in [2.24, 2.45) is 5.92 Å². The number of aryl methyl sites for hydroxylation is 2. The summed E-state index contributed by atoms with van der Waals surface area (Å²) < 4.78 is 0. The van der Waals surface area contributed by atoms with Crippen LogP contribution in [0.25, 0.3) is 11.1 Å². The first-order valence-electron chi connectivity index (χ1n) is 9.83. The van der Waals surface area contributed by atoms with Gasteiger partial charge in [0.1, 0.15) is 0 Å². The van der Waals surface area contributed by atoms with Crippen molar-refractivity contribution < 1.29 is 4.79 Å². The first kappa shape index (κ1) is 19.8. The smallest absolute Gasteiger partial charge is 0.231 e. The molecule has 1 aromatic heterocycles.